The summed E-state index contributed by atoms with van der Waals surface area (Å²) in [5, 5.41) is 0. The molecule has 3 heteroatoms. The van der Waals surface area contributed by atoms with E-state index in [1.807, 2.05) is 0 Å². The van der Waals surface area contributed by atoms with E-state index in [0.29, 0.717) is 5.41 Å². The molecule has 0 N–H and O–H groups in total. The normalized spacial score (nSPS) is 38.0. The predicted molar refractivity (Wildman–Crippen MR) is 54.0 cm³/mol. The number of carbonyl (C=O) groups is 1. The summed E-state index contributed by atoms with van der Waals surface area (Å²) in [7, 11) is 2.18. The van der Waals surface area contributed by atoms with Gasteiger partial charge < -0.3 is 9.64 Å². The molecule has 1 heterocycles. The first-order valence-corrected chi connectivity index (χ1v) is 5.45. The Hall–Kier alpha value is -0.570. The number of piperidine rings is 1. The molecule has 0 aromatic heterocycles. The fourth-order valence-corrected chi connectivity index (χ4v) is 3.01. The molecule has 0 unspecified atom stereocenters. The summed E-state index contributed by atoms with van der Waals surface area (Å²) in [6.07, 6.45) is 4.98. The van der Waals surface area contributed by atoms with Gasteiger partial charge in [0, 0.05) is 13.5 Å². The Morgan fingerprint density at radius 1 is 1.50 bits per heavy atom. The number of esters is 1. The minimum absolute atomic E-state index is 0.131. The van der Waals surface area contributed by atoms with Gasteiger partial charge in [0.25, 0.3) is 0 Å². The molecule has 2 aliphatic rings. The van der Waals surface area contributed by atoms with Gasteiger partial charge in [-0.2, -0.15) is 0 Å². The van der Waals surface area contributed by atoms with Gasteiger partial charge in [-0.3, -0.25) is 4.79 Å². The Balaban J connectivity index is 1.82. The Kier molecular flexibility index (Phi) is 2.52. The van der Waals surface area contributed by atoms with Crippen molar-refractivity contribution in [3.63, 3.8) is 0 Å². The van der Waals surface area contributed by atoms with Crippen LogP contribution < -0.4 is 0 Å². The minimum Gasteiger partial charge on any atom is -0.463 e. The molecule has 2 fully saturated rings. The standard InChI is InChI=1S/C11H19NO2/c1-9(13)14-10-6-11(7-10)4-3-5-12(2)8-11/h10H,3-8H2,1-2H3. The van der Waals surface area contributed by atoms with E-state index in [4.69, 9.17) is 4.74 Å². The number of likely N-dealkylation sites (tertiary alicyclic amines) is 1. The van der Waals surface area contributed by atoms with E-state index in [0.717, 1.165) is 12.8 Å². The highest BCUT2D eigenvalue weighted by atomic mass is 16.5. The maximum Gasteiger partial charge on any atom is 0.302 e. The summed E-state index contributed by atoms with van der Waals surface area (Å²) >= 11 is 0. The third-order valence-electron chi connectivity index (χ3n) is 3.51. The molecule has 0 radical (unpaired) electrons. The lowest BCUT2D eigenvalue weighted by Crippen LogP contribution is -2.52. The van der Waals surface area contributed by atoms with Crippen LogP contribution in [0, 0.1) is 5.41 Å². The summed E-state index contributed by atoms with van der Waals surface area (Å²) in [6, 6.07) is 0. The molecule has 80 valence electrons. The van der Waals surface area contributed by atoms with Crippen molar-refractivity contribution in [3.8, 4) is 0 Å². The number of nitrogens with zero attached hydrogens (tertiary/aromatic N) is 1. The molecule has 1 saturated heterocycles. The van der Waals surface area contributed by atoms with Gasteiger partial charge in [-0.15, -0.1) is 0 Å². The summed E-state index contributed by atoms with van der Waals surface area (Å²) in [5.41, 5.74) is 0.479. The molecule has 0 aromatic carbocycles. The van der Waals surface area contributed by atoms with Crippen LogP contribution in [0.2, 0.25) is 0 Å². The van der Waals surface area contributed by atoms with Gasteiger partial charge in [0.1, 0.15) is 6.10 Å². The smallest absolute Gasteiger partial charge is 0.302 e. The van der Waals surface area contributed by atoms with Crippen molar-refractivity contribution >= 4 is 5.97 Å². The van der Waals surface area contributed by atoms with Gasteiger partial charge >= 0.3 is 5.97 Å². The van der Waals surface area contributed by atoms with E-state index in [9.17, 15) is 4.79 Å². The topological polar surface area (TPSA) is 29.5 Å². The molecular formula is C11H19NO2. The maximum atomic E-state index is 10.7. The van der Waals surface area contributed by atoms with Gasteiger partial charge in [-0.05, 0) is 44.7 Å². The fourth-order valence-electron chi connectivity index (χ4n) is 3.01. The monoisotopic (exact) mass is 197 g/mol. The molecule has 1 spiro atoms. The number of ether oxygens (including phenoxy) is 1. The first-order chi connectivity index (χ1) is 6.60. The molecule has 0 amide bonds. The zero-order chi connectivity index (χ0) is 10.2. The SMILES string of the molecule is CC(=O)OC1CC2(CCCN(C)C2)C1. The Morgan fingerprint density at radius 2 is 2.21 bits per heavy atom. The van der Waals surface area contributed by atoms with Crippen molar-refractivity contribution in [1.82, 2.24) is 4.90 Å². The molecular weight excluding hydrogens is 178 g/mol. The van der Waals surface area contributed by atoms with E-state index < -0.39 is 0 Å². The largest absolute Gasteiger partial charge is 0.463 e. The van der Waals surface area contributed by atoms with Crippen LogP contribution in [-0.2, 0) is 9.53 Å². The van der Waals surface area contributed by atoms with E-state index in [2.05, 4.69) is 11.9 Å². The van der Waals surface area contributed by atoms with E-state index in [1.165, 1.54) is 32.9 Å². The van der Waals surface area contributed by atoms with Gasteiger partial charge in [-0.25, -0.2) is 0 Å². The number of carbonyl (C=O) groups excluding carboxylic acids is 1. The summed E-state index contributed by atoms with van der Waals surface area (Å²) < 4.78 is 5.19. The molecule has 0 atom stereocenters. The van der Waals surface area contributed by atoms with Crippen LogP contribution in [0.15, 0.2) is 0 Å². The van der Waals surface area contributed by atoms with Crippen LogP contribution in [0.1, 0.15) is 32.6 Å². The van der Waals surface area contributed by atoms with Crippen LogP contribution >= 0.6 is 0 Å². The van der Waals surface area contributed by atoms with Gasteiger partial charge in [0.15, 0.2) is 0 Å². The lowest BCUT2D eigenvalue weighted by atomic mass is 9.62. The first-order valence-electron chi connectivity index (χ1n) is 5.45. The second kappa shape index (κ2) is 3.54. The molecule has 3 nitrogen and oxygen atoms in total. The molecule has 0 bridgehead atoms. The van der Waals surface area contributed by atoms with Crippen molar-refractivity contribution in [2.24, 2.45) is 5.41 Å². The van der Waals surface area contributed by atoms with Crippen LogP contribution in [0.25, 0.3) is 0 Å². The summed E-state index contributed by atoms with van der Waals surface area (Å²) in [6.45, 7) is 3.91. The molecule has 14 heavy (non-hydrogen) atoms. The average molecular weight is 197 g/mol. The molecule has 0 aromatic rings. The highest BCUT2D eigenvalue weighted by molar-refractivity contribution is 5.66. The Labute approximate surface area is 85.4 Å². The first kappa shape index (κ1) is 9.97. The average Bonchev–Trinajstić information content (AvgIpc) is 2.00. The number of hydrogen-bond donors (Lipinski definition) is 0. The molecule has 1 saturated carbocycles. The van der Waals surface area contributed by atoms with Crippen molar-refractivity contribution in [2.75, 3.05) is 20.1 Å². The lowest BCUT2D eigenvalue weighted by molar-refractivity contribution is -0.162. The molecule has 1 aliphatic carbocycles. The third-order valence-corrected chi connectivity index (χ3v) is 3.51. The van der Waals surface area contributed by atoms with Gasteiger partial charge in [0.2, 0.25) is 0 Å². The van der Waals surface area contributed by atoms with Crippen LogP contribution in [0.5, 0.6) is 0 Å². The van der Waals surface area contributed by atoms with Crippen LogP contribution in [0.4, 0.5) is 0 Å². The van der Waals surface area contributed by atoms with Crippen LogP contribution in [0.3, 0.4) is 0 Å². The lowest BCUT2D eigenvalue weighted by Gasteiger charge is -2.51. The summed E-state index contributed by atoms with van der Waals surface area (Å²) in [5.74, 6) is -0.131. The predicted octanol–water partition coefficient (Wildman–Crippen LogP) is 1.42. The Bertz CT molecular complexity index is 233. The van der Waals surface area contributed by atoms with E-state index >= 15 is 0 Å². The highest BCUT2D eigenvalue weighted by Gasteiger charge is 2.47. The molecule has 1 aliphatic heterocycles. The minimum atomic E-state index is -0.131. The fraction of sp³-hybridized carbons (Fsp3) is 0.909. The molecule has 2 rings (SSSR count). The third kappa shape index (κ3) is 1.92. The zero-order valence-corrected chi connectivity index (χ0v) is 9.08. The summed E-state index contributed by atoms with van der Waals surface area (Å²) in [4.78, 5) is 13.1. The maximum absolute atomic E-state index is 10.7. The van der Waals surface area contributed by atoms with Crippen molar-refractivity contribution in [2.45, 2.75) is 38.7 Å². The zero-order valence-electron chi connectivity index (χ0n) is 9.08. The van der Waals surface area contributed by atoms with Gasteiger partial charge in [-0.1, -0.05) is 0 Å². The second-order valence-corrected chi connectivity index (χ2v) is 4.98. The van der Waals surface area contributed by atoms with Crippen molar-refractivity contribution in [3.05, 3.63) is 0 Å². The second-order valence-electron chi connectivity index (χ2n) is 4.98. The van der Waals surface area contributed by atoms with E-state index in [1.54, 1.807) is 0 Å². The number of rotatable bonds is 1. The van der Waals surface area contributed by atoms with Gasteiger partial charge in [0.05, 0.1) is 0 Å². The van der Waals surface area contributed by atoms with E-state index in [-0.39, 0.29) is 12.1 Å². The Morgan fingerprint density at radius 3 is 2.79 bits per heavy atom. The van der Waals surface area contributed by atoms with Crippen molar-refractivity contribution < 1.29 is 9.53 Å². The quantitative estimate of drug-likeness (QED) is 0.595. The number of hydrogen-bond acceptors (Lipinski definition) is 3. The highest BCUT2D eigenvalue weighted by Crippen LogP contribution is 2.48. The van der Waals surface area contributed by atoms with Crippen LogP contribution in [-0.4, -0.2) is 37.1 Å². The van der Waals surface area contributed by atoms with Crippen molar-refractivity contribution in [1.29, 1.82) is 0 Å².